The van der Waals surface area contributed by atoms with Crippen LogP contribution in [0.2, 0.25) is 0 Å². The van der Waals surface area contributed by atoms with Crippen LogP contribution in [-0.2, 0) is 9.53 Å². The van der Waals surface area contributed by atoms with Gasteiger partial charge in [0, 0.05) is 37.0 Å². The molecule has 1 N–H and O–H groups in total. The summed E-state index contributed by atoms with van der Waals surface area (Å²) < 4.78 is 8.45. The standard InChI is InChI=1S/C17H27N3O2/c1-13(20-8-7-18-12-20)5-9-22-17(3)11-16(2)6-4-14(17)10-15(21)19-16/h7-8,12-14H,4-6,9-11H2,1-3H3,(H,19,21)/t13?,14-,16-,17?/m1/s1. The van der Waals surface area contributed by atoms with Gasteiger partial charge in [0.05, 0.1) is 11.9 Å². The summed E-state index contributed by atoms with van der Waals surface area (Å²) in [5.74, 6) is 0.524. The Morgan fingerprint density at radius 1 is 1.55 bits per heavy atom. The second kappa shape index (κ2) is 5.69. The molecule has 5 heteroatoms. The second-order valence-electron chi connectivity index (χ2n) is 7.53. The average Bonchev–Trinajstić information content (AvgIpc) is 2.88. The Kier molecular flexibility index (Phi) is 4.02. The van der Waals surface area contributed by atoms with E-state index in [1.54, 1.807) is 6.20 Å². The minimum Gasteiger partial charge on any atom is -0.375 e. The van der Waals surface area contributed by atoms with Gasteiger partial charge in [-0.05, 0) is 52.4 Å². The monoisotopic (exact) mass is 305 g/mol. The summed E-state index contributed by atoms with van der Waals surface area (Å²) in [4.78, 5) is 16.1. The number of carbonyl (C=O) groups excluding carboxylic acids is 1. The highest BCUT2D eigenvalue weighted by atomic mass is 16.5. The molecular weight excluding hydrogens is 278 g/mol. The summed E-state index contributed by atoms with van der Waals surface area (Å²) in [5.41, 5.74) is -0.296. The van der Waals surface area contributed by atoms with Crippen molar-refractivity contribution in [3.63, 3.8) is 0 Å². The highest BCUT2D eigenvalue weighted by molar-refractivity contribution is 5.78. The number of rotatable bonds is 5. The first-order chi connectivity index (χ1) is 10.4. The van der Waals surface area contributed by atoms with Gasteiger partial charge in [-0.2, -0.15) is 0 Å². The maximum absolute atomic E-state index is 12.0. The third kappa shape index (κ3) is 3.05. The molecule has 3 aliphatic rings. The van der Waals surface area contributed by atoms with Crippen molar-refractivity contribution in [2.24, 2.45) is 5.92 Å². The van der Waals surface area contributed by atoms with Gasteiger partial charge in [-0.25, -0.2) is 4.98 Å². The fraction of sp³-hybridized carbons (Fsp3) is 0.765. The normalized spacial score (nSPS) is 36.0. The lowest BCUT2D eigenvalue weighted by molar-refractivity contribution is -0.124. The van der Waals surface area contributed by atoms with Gasteiger partial charge in [0.25, 0.3) is 0 Å². The molecule has 1 aliphatic carbocycles. The smallest absolute Gasteiger partial charge is 0.220 e. The van der Waals surface area contributed by atoms with Crippen molar-refractivity contribution in [3.8, 4) is 0 Å². The Balaban J connectivity index is 1.60. The molecule has 1 saturated carbocycles. The van der Waals surface area contributed by atoms with Gasteiger partial charge in [-0.1, -0.05) is 0 Å². The minimum absolute atomic E-state index is 0.102. The predicted octanol–water partition coefficient (Wildman–Crippen LogP) is 2.69. The van der Waals surface area contributed by atoms with Crippen LogP contribution in [0.4, 0.5) is 0 Å². The molecule has 1 aromatic rings. The van der Waals surface area contributed by atoms with E-state index in [-0.39, 0.29) is 17.0 Å². The van der Waals surface area contributed by atoms with Gasteiger partial charge < -0.3 is 14.6 Å². The van der Waals surface area contributed by atoms with Gasteiger partial charge in [-0.3, -0.25) is 4.79 Å². The van der Waals surface area contributed by atoms with E-state index in [2.05, 4.69) is 35.6 Å². The Bertz CT molecular complexity index is 530. The molecule has 122 valence electrons. The van der Waals surface area contributed by atoms with Crippen LogP contribution >= 0.6 is 0 Å². The number of imidazole rings is 1. The highest BCUT2D eigenvalue weighted by Crippen LogP contribution is 2.45. The van der Waals surface area contributed by atoms with Crippen LogP contribution in [0.1, 0.15) is 58.9 Å². The molecule has 3 fully saturated rings. The number of carbonyl (C=O) groups is 1. The summed E-state index contributed by atoms with van der Waals surface area (Å²) in [7, 11) is 0. The molecular formula is C17H27N3O2. The molecule has 4 atom stereocenters. The zero-order valence-corrected chi connectivity index (χ0v) is 13.8. The third-order valence-electron chi connectivity index (χ3n) is 5.52. The summed E-state index contributed by atoms with van der Waals surface area (Å²) in [6, 6.07) is 0.379. The van der Waals surface area contributed by atoms with E-state index in [9.17, 15) is 4.79 Å². The number of aromatic nitrogens is 2. The largest absolute Gasteiger partial charge is 0.375 e. The molecule has 1 amide bonds. The van der Waals surface area contributed by atoms with Crippen LogP contribution < -0.4 is 5.32 Å². The van der Waals surface area contributed by atoms with Crippen LogP contribution in [0.5, 0.6) is 0 Å². The Hall–Kier alpha value is -1.36. The van der Waals surface area contributed by atoms with E-state index >= 15 is 0 Å². The lowest BCUT2D eigenvalue weighted by Crippen LogP contribution is -2.52. The number of hydrogen-bond donors (Lipinski definition) is 1. The Morgan fingerprint density at radius 3 is 3.09 bits per heavy atom. The van der Waals surface area contributed by atoms with Gasteiger partial charge in [0.15, 0.2) is 0 Å². The van der Waals surface area contributed by atoms with Crippen LogP contribution in [0.15, 0.2) is 18.7 Å². The predicted molar refractivity (Wildman–Crippen MR) is 84.4 cm³/mol. The number of nitrogens with one attached hydrogen (secondary N) is 1. The summed E-state index contributed by atoms with van der Waals surface area (Å²) >= 11 is 0. The van der Waals surface area contributed by atoms with E-state index < -0.39 is 0 Å². The summed E-state index contributed by atoms with van der Waals surface area (Å²) in [6.07, 6.45) is 10.3. The first kappa shape index (κ1) is 15.5. The maximum Gasteiger partial charge on any atom is 0.220 e. The van der Waals surface area contributed by atoms with Crippen LogP contribution in [-0.4, -0.2) is 33.2 Å². The fourth-order valence-electron chi connectivity index (χ4n) is 4.15. The van der Waals surface area contributed by atoms with Gasteiger partial charge in [0.2, 0.25) is 5.91 Å². The average molecular weight is 305 g/mol. The third-order valence-corrected chi connectivity index (χ3v) is 5.52. The molecule has 2 saturated heterocycles. The minimum atomic E-state index is -0.194. The number of hydrogen-bond acceptors (Lipinski definition) is 3. The first-order valence-electron chi connectivity index (χ1n) is 8.33. The maximum atomic E-state index is 12.0. The lowest BCUT2D eigenvalue weighted by Gasteiger charge is -2.46. The van der Waals surface area contributed by atoms with Crippen molar-refractivity contribution < 1.29 is 9.53 Å². The molecule has 2 aliphatic heterocycles. The number of nitrogens with zero attached hydrogens (tertiary/aromatic N) is 2. The van der Waals surface area contributed by atoms with Crippen molar-refractivity contribution in [2.45, 2.75) is 70.1 Å². The van der Waals surface area contributed by atoms with E-state index in [1.807, 2.05) is 12.5 Å². The molecule has 0 spiro atoms. The molecule has 4 rings (SSSR count). The molecule has 2 unspecified atom stereocenters. The van der Waals surface area contributed by atoms with Crippen molar-refractivity contribution in [1.29, 1.82) is 0 Å². The molecule has 3 heterocycles. The zero-order valence-electron chi connectivity index (χ0n) is 13.8. The molecule has 1 aromatic heterocycles. The SMILES string of the molecule is CC(CCOC1(C)C[C@@]2(C)CC[C@@H]1CC(=O)N2)n1ccnc1. The van der Waals surface area contributed by atoms with Crippen molar-refractivity contribution >= 4 is 5.91 Å². The molecule has 2 bridgehead atoms. The van der Waals surface area contributed by atoms with Crippen molar-refractivity contribution in [3.05, 3.63) is 18.7 Å². The Labute approximate surface area is 132 Å². The highest BCUT2D eigenvalue weighted by Gasteiger charge is 2.50. The summed E-state index contributed by atoms with van der Waals surface area (Å²) in [5, 5.41) is 3.19. The molecule has 0 radical (unpaired) electrons. The van der Waals surface area contributed by atoms with Crippen LogP contribution in [0.25, 0.3) is 0 Å². The molecule has 5 nitrogen and oxygen atoms in total. The quantitative estimate of drug-likeness (QED) is 0.910. The van der Waals surface area contributed by atoms with E-state index in [4.69, 9.17) is 4.74 Å². The second-order valence-corrected chi connectivity index (χ2v) is 7.53. The molecule has 22 heavy (non-hydrogen) atoms. The van der Waals surface area contributed by atoms with Crippen molar-refractivity contribution in [2.75, 3.05) is 6.61 Å². The van der Waals surface area contributed by atoms with Gasteiger partial charge in [-0.15, -0.1) is 0 Å². The number of amides is 1. The topological polar surface area (TPSA) is 56.1 Å². The summed E-state index contributed by atoms with van der Waals surface area (Å²) in [6.45, 7) is 7.25. The number of fused-ring (bicyclic) bond motifs is 4. The fourth-order valence-corrected chi connectivity index (χ4v) is 4.15. The van der Waals surface area contributed by atoms with E-state index in [1.165, 1.54) is 0 Å². The molecule has 0 aromatic carbocycles. The van der Waals surface area contributed by atoms with E-state index in [0.717, 1.165) is 32.3 Å². The Morgan fingerprint density at radius 2 is 2.36 bits per heavy atom. The number of ether oxygens (including phenoxy) is 1. The lowest BCUT2D eigenvalue weighted by atomic mass is 9.69. The zero-order chi connectivity index (χ0) is 15.8. The van der Waals surface area contributed by atoms with Gasteiger partial charge >= 0.3 is 0 Å². The first-order valence-corrected chi connectivity index (χ1v) is 8.33. The van der Waals surface area contributed by atoms with Crippen LogP contribution in [0, 0.1) is 5.92 Å². The van der Waals surface area contributed by atoms with Crippen molar-refractivity contribution in [1.82, 2.24) is 14.9 Å². The van der Waals surface area contributed by atoms with Gasteiger partial charge in [0.1, 0.15) is 0 Å². The van der Waals surface area contributed by atoms with E-state index in [0.29, 0.717) is 18.4 Å². The van der Waals surface area contributed by atoms with Crippen LogP contribution in [0.3, 0.4) is 0 Å².